The lowest BCUT2D eigenvalue weighted by molar-refractivity contribution is -0.154. The smallest absolute Gasteiger partial charge is 0.326 e. The zero-order valence-corrected chi connectivity index (χ0v) is 18.1. The number of esters is 1. The summed E-state index contributed by atoms with van der Waals surface area (Å²) in [7, 11) is 0. The monoisotopic (exact) mass is 418 g/mol. The largest absolute Gasteiger partial charge is 0.494 e. The van der Waals surface area contributed by atoms with Crippen LogP contribution in [-0.4, -0.2) is 43.1 Å². The van der Waals surface area contributed by atoms with Crippen LogP contribution in [0.3, 0.4) is 0 Å². The van der Waals surface area contributed by atoms with Crippen LogP contribution in [0.1, 0.15) is 75.6 Å². The van der Waals surface area contributed by atoms with Gasteiger partial charge in [-0.15, -0.1) is 0 Å². The molecule has 1 aliphatic rings. The maximum atomic E-state index is 12.3. The van der Waals surface area contributed by atoms with E-state index in [1.54, 1.807) is 31.2 Å². The zero-order valence-electron chi connectivity index (χ0n) is 18.1. The van der Waals surface area contributed by atoms with E-state index in [2.05, 4.69) is 17.6 Å². The number of hydrogen-bond donors (Lipinski definition) is 2. The molecule has 0 spiro atoms. The van der Waals surface area contributed by atoms with Gasteiger partial charge in [0, 0.05) is 11.6 Å². The van der Waals surface area contributed by atoms with Crippen LogP contribution in [-0.2, 0) is 14.3 Å². The number of hydrogen-bond acceptors (Lipinski definition) is 5. The first-order chi connectivity index (χ1) is 14.5. The van der Waals surface area contributed by atoms with Gasteiger partial charge in [0.05, 0.1) is 6.61 Å². The van der Waals surface area contributed by atoms with Gasteiger partial charge in [0.2, 0.25) is 0 Å². The number of ether oxygens (including phenoxy) is 2. The minimum Gasteiger partial charge on any atom is -0.494 e. The molecule has 0 bridgehead atoms. The summed E-state index contributed by atoms with van der Waals surface area (Å²) < 4.78 is 10.7. The van der Waals surface area contributed by atoms with Gasteiger partial charge in [0.1, 0.15) is 12.3 Å². The number of unbranched alkanes of at least 4 members (excludes halogenated alkanes) is 1. The number of rotatable bonds is 10. The molecule has 0 aliphatic heterocycles. The molecule has 2 amide bonds. The number of amides is 2. The highest BCUT2D eigenvalue weighted by Crippen LogP contribution is 2.17. The van der Waals surface area contributed by atoms with Crippen molar-refractivity contribution >= 4 is 17.8 Å². The highest BCUT2D eigenvalue weighted by molar-refractivity contribution is 5.96. The number of carbonyl (C=O) groups excluding carboxylic acids is 3. The average molecular weight is 419 g/mol. The molecule has 1 fully saturated rings. The molecule has 2 N–H and O–H groups in total. The lowest BCUT2D eigenvalue weighted by Crippen LogP contribution is -2.43. The summed E-state index contributed by atoms with van der Waals surface area (Å²) in [6, 6.07) is 6.89. The Morgan fingerprint density at radius 3 is 2.37 bits per heavy atom. The van der Waals surface area contributed by atoms with Gasteiger partial charge < -0.3 is 20.1 Å². The standard InChI is InChI=1S/C23H34N2O5/c1-3-4-15-29-20-13-11-18(12-14-20)23(28)24-16-21(26)30-17(2)22(27)25-19-9-7-5-6-8-10-19/h11-14,17,19H,3-10,15-16H2,1-2H3,(H,24,28)(H,25,27)/t17-/m1/s1. The molecule has 1 aromatic carbocycles. The Hall–Kier alpha value is -2.57. The van der Waals surface area contributed by atoms with Crippen LogP contribution in [0.25, 0.3) is 0 Å². The van der Waals surface area contributed by atoms with Crippen molar-refractivity contribution in [3.05, 3.63) is 29.8 Å². The minimum atomic E-state index is -0.891. The molecule has 0 saturated heterocycles. The molecule has 1 aromatic rings. The fourth-order valence-electron chi connectivity index (χ4n) is 3.33. The van der Waals surface area contributed by atoms with Crippen molar-refractivity contribution in [2.45, 2.75) is 77.4 Å². The summed E-state index contributed by atoms with van der Waals surface area (Å²) in [5, 5.41) is 5.48. The molecule has 1 saturated carbocycles. The molecule has 1 aliphatic carbocycles. The summed E-state index contributed by atoms with van der Waals surface area (Å²) in [5.74, 6) is -0.623. The van der Waals surface area contributed by atoms with Crippen LogP contribution in [0.2, 0.25) is 0 Å². The molecule has 7 heteroatoms. The van der Waals surface area contributed by atoms with Crippen LogP contribution in [0.5, 0.6) is 5.75 Å². The van der Waals surface area contributed by atoms with E-state index in [1.807, 2.05) is 0 Å². The van der Waals surface area contributed by atoms with Crippen molar-refractivity contribution in [2.75, 3.05) is 13.2 Å². The predicted molar refractivity (Wildman–Crippen MR) is 114 cm³/mol. The highest BCUT2D eigenvalue weighted by Gasteiger charge is 2.22. The highest BCUT2D eigenvalue weighted by atomic mass is 16.5. The van der Waals surface area contributed by atoms with Crippen molar-refractivity contribution in [1.82, 2.24) is 10.6 Å². The fourth-order valence-corrected chi connectivity index (χ4v) is 3.33. The summed E-state index contributed by atoms with van der Waals surface area (Å²) in [6.45, 7) is 3.98. The number of benzene rings is 1. The second-order valence-electron chi connectivity index (χ2n) is 7.74. The Morgan fingerprint density at radius 2 is 1.73 bits per heavy atom. The Bertz CT molecular complexity index is 681. The van der Waals surface area contributed by atoms with Gasteiger partial charge in [-0.1, -0.05) is 39.0 Å². The number of nitrogens with one attached hydrogen (secondary N) is 2. The minimum absolute atomic E-state index is 0.148. The molecule has 1 atom stereocenters. The summed E-state index contributed by atoms with van der Waals surface area (Å²) in [6.07, 6.45) is 7.68. The van der Waals surface area contributed by atoms with E-state index in [1.165, 1.54) is 12.8 Å². The Balaban J connectivity index is 1.71. The second kappa shape index (κ2) is 12.9. The van der Waals surface area contributed by atoms with Gasteiger partial charge in [-0.05, 0) is 50.5 Å². The Labute approximate surface area is 178 Å². The SMILES string of the molecule is CCCCOc1ccc(C(=O)NCC(=O)O[C@H](C)C(=O)NC2CCCCCC2)cc1. The normalized spacial score (nSPS) is 15.5. The molecule has 7 nitrogen and oxygen atoms in total. The van der Waals surface area contributed by atoms with Crippen molar-refractivity contribution < 1.29 is 23.9 Å². The molecule has 0 radical (unpaired) electrons. The van der Waals surface area contributed by atoms with Gasteiger partial charge in [-0.2, -0.15) is 0 Å². The van der Waals surface area contributed by atoms with Crippen LogP contribution >= 0.6 is 0 Å². The summed E-state index contributed by atoms with van der Waals surface area (Å²) >= 11 is 0. The Kier molecular flexibility index (Phi) is 10.2. The van der Waals surface area contributed by atoms with Crippen molar-refractivity contribution in [3.8, 4) is 5.75 Å². The molecule has 0 aromatic heterocycles. The first-order valence-corrected chi connectivity index (χ1v) is 11.0. The first kappa shape index (κ1) is 23.7. The molecule has 2 rings (SSSR count). The third-order valence-electron chi connectivity index (χ3n) is 5.16. The van der Waals surface area contributed by atoms with Crippen molar-refractivity contribution in [3.63, 3.8) is 0 Å². The van der Waals surface area contributed by atoms with E-state index in [0.717, 1.165) is 38.5 Å². The lowest BCUT2D eigenvalue weighted by atomic mass is 10.1. The number of carbonyl (C=O) groups is 3. The molecule has 0 unspecified atom stereocenters. The third-order valence-corrected chi connectivity index (χ3v) is 5.16. The zero-order chi connectivity index (χ0) is 21.8. The topological polar surface area (TPSA) is 93.7 Å². The van der Waals surface area contributed by atoms with Crippen LogP contribution < -0.4 is 15.4 Å². The lowest BCUT2D eigenvalue weighted by Gasteiger charge is -2.19. The summed E-state index contributed by atoms with van der Waals surface area (Å²) in [5.41, 5.74) is 0.421. The van der Waals surface area contributed by atoms with Crippen molar-refractivity contribution in [2.24, 2.45) is 0 Å². The van der Waals surface area contributed by atoms with E-state index in [0.29, 0.717) is 17.9 Å². The van der Waals surface area contributed by atoms with Crippen molar-refractivity contribution in [1.29, 1.82) is 0 Å². The summed E-state index contributed by atoms with van der Waals surface area (Å²) in [4.78, 5) is 36.5. The maximum absolute atomic E-state index is 12.3. The van der Waals surface area contributed by atoms with E-state index in [-0.39, 0.29) is 24.4 Å². The predicted octanol–water partition coefficient (Wildman–Crippen LogP) is 3.37. The van der Waals surface area contributed by atoms with Crippen LogP contribution in [0.4, 0.5) is 0 Å². The Morgan fingerprint density at radius 1 is 1.07 bits per heavy atom. The van der Waals surface area contributed by atoms with Gasteiger partial charge >= 0.3 is 5.97 Å². The molecular weight excluding hydrogens is 384 g/mol. The van der Waals surface area contributed by atoms with E-state index in [9.17, 15) is 14.4 Å². The van der Waals surface area contributed by atoms with Crippen LogP contribution in [0.15, 0.2) is 24.3 Å². The maximum Gasteiger partial charge on any atom is 0.326 e. The van der Waals surface area contributed by atoms with Crippen LogP contribution in [0, 0.1) is 0 Å². The van der Waals surface area contributed by atoms with E-state index in [4.69, 9.17) is 9.47 Å². The van der Waals surface area contributed by atoms with E-state index >= 15 is 0 Å². The molecule has 0 heterocycles. The molecule has 30 heavy (non-hydrogen) atoms. The quantitative estimate of drug-likeness (QED) is 0.345. The molecular formula is C23H34N2O5. The second-order valence-corrected chi connectivity index (χ2v) is 7.74. The molecule has 166 valence electrons. The van der Waals surface area contributed by atoms with Gasteiger partial charge in [-0.3, -0.25) is 14.4 Å². The third kappa shape index (κ3) is 8.43. The van der Waals surface area contributed by atoms with Gasteiger partial charge in [0.25, 0.3) is 11.8 Å². The van der Waals surface area contributed by atoms with Gasteiger partial charge in [0.15, 0.2) is 6.10 Å². The van der Waals surface area contributed by atoms with E-state index < -0.39 is 12.1 Å². The first-order valence-electron chi connectivity index (χ1n) is 11.0. The average Bonchev–Trinajstić information content (AvgIpc) is 3.01. The fraction of sp³-hybridized carbons (Fsp3) is 0.609. The van der Waals surface area contributed by atoms with Gasteiger partial charge in [-0.25, -0.2) is 0 Å².